The molecule has 0 N–H and O–H groups in total. The molecule has 0 aromatic heterocycles. The number of benzene rings is 2. The number of carbonyl (C=O) groups excluding carboxylic acids is 1. The van der Waals surface area contributed by atoms with E-state index in [1.807, 2.05) is 0 Å². The summed E-state index contributed by atoms with van der Waals surface area (Å²) in [6.07, 6.45) is 0. The van der Waals surface area contributed by atoms with Crippen LogP contribution in [0.5, 0.6) is 0 Å². The third-order valence-corrected chi connectivity index (χ3v) is 2.78. The van der Waals surface area contributed by atoms with Crippen LogP contribution in [-0.2, 0) is 0 Å². The van der Waals surface area contributed by atoms with E-state index in [0.717, 1.165) is 0 Å². The first-order chi connectivity index (χ1) is 8.08. The van der Waals surface area contributed by atoms with E-state index < -0.39 is 0 Å². The number of halogens is 2. The summed E-state index contributed by atoms with van der Waals surface area (Å²) in [5, 5.41) is 0.580. The van der Waals surface area contributed by atoms with Gasteiger partial charge in [0.1, 0.15) is 5.82 Å². The van der Waals surface area contributed by atoms with Crippen LogP contribution in [0.2, 0.25) is 5.02 Å². The molecular weight excluding hydrogens is 239 g/mol. The van der Waals surface area contributed by atoms with Crippen LogP contribution in [0.4, 0.5) is 4.39 Å². The lowest BCUT2D eigenvalue weighted by Gasteiger charge is -2.03. The molecule has 2 aromatic rings. The molecular formula is C14H10ClFO. The summed E-state index contributed by atoms with van der Waals surface area (Å²) in [6, 6.07) is 11.0. The van der Waals surface area contributed by atoms with Crippen LogP contribution >= 0.6 is 11.6 Å². The summed E-state index contributed by atoms with van der Waals surface area (Å²) < 4.78 is 13.1. The van der Waals surface area contributed by atoms with E-state index in [2.05, 4.69) is 0 Å². The van der Waals surface area contributed by atoms with E-state index >= 15 is 0 Å². The van der Waals surface area contributed by atoms with Gasteiger partial charge in [-0.3, -0.25) is 4.79 Å². The SMILES string of the molecule is Cc1cc(C(=O)c2ccc(Cl)cc2)ccc1F. The minimum Gasteiger partial charge on any atom is -0.289 e. The molecule has 0 saturated carbocycles. The number of aryl methyl sites for hydroxylation is 1. The first-order valence-electron chi connectivity index (χ1n) is 5.14. The molecule has 1 nitrogen and oxygen atoms in total. The number of rotatable bonds is 2. The van der Waals surface area contributed by atoms with Gasteiger partial charge in [-0.15, -0.1) is 0 Å². The molecule has 2 rings (SSSR count). The highest BCUT2D eigenvalue weighted by Crippen LogP contribution is 2.16. The molecule has 0 saturated heterocycles. The van der Waals surface area contributed by atoms with E-state index in [9.17, 15) is 9.18 Å². The molecule has 0 aliphatic rings. The first-order valence-corrected chi connectivity index (χ1v) is 5.52. The van der Waals surface area contributed by atoms with Crippen molar-refractivity contribution in [1.82, 2.24) is 0 Å². The summed E-state index contributed by atoms with van der Waals surface area (Å²) in [5.74, 6) is -0.442. The smallest absolute Gasteiger partial charge is 0.193 e. The van der Waals surface area contributed by atoms with Gasteiger partial charge in [0.25, 0.3) is 0 Å². The number of hydrogen-bond donors (Lipinski definition) is 0. The second-order valence-corrected chi connectivity index (χ2v) is 4.24. The molecule has 0 unspecified atom stereocenters. The predicted molar refractivity (Wildman–Crippen MR) is 66.0 cm³/mol. The van der Waals surface area contributed by atoms with Crippen molar-refractivity contribution in [3.05, 3.63) is 70.0 Å². The average Bonchev–Trinajstić information content (AvgIpc) is 2.33. The van der Waals surface area contributed by atoms with Gasteiger partial charge < -0.3 is 0 Å². The van der Waals surface area contributed by atoms with Gasteiger partial charge >= 0.3 is 0 Å². The molecule has 0 fully saturated rings. The van der Waals surface area contributed by atoms with Gasteiger partial charge in [0.15, 0.2) is 5.78 Å². The lowest BCUT2D eigenvalue weighted by molar-refractivity contribution is 0.103. The van der Waals surface area contributed by atoms with Crippen molar-refractivity contribution in [2.75, 3.05) is 0 Å². The predicted octanol–water partition coefficient (Wildman–Crippen LogP) is 4.02. The number of carbonyl (C=O) groups is 1. The highest BCUT2D eigenvalue weighted by Gasteiger charge is 2.10. The number of ketones is 1. The van der Waals surface area contributed by atoms with Crippen LogP contribution in [-0.4, -0.2) is 5.78 Å². The van der Waals surface area contributed by atoms with Crippen molar-refractivity contribution >= 4 is 17.4 Å². The van der Waals surface area contributed by atoms with E-state index in [0.29, 0.717) is 21.7 Å². The molecule has 3 heteroatoms. The van der Waals surface area contributed by atoms with Gasteiger partial charge in [-0.25, -0.2) is 4.39 Å². The molecule has 0 aliphatic carbocycles. The number of hydrogen-bond acceptors (Lipinski definition) is 1. The monoisotopic (exact) mass is 248 g/mol. The average molecular weight is 249 g/mol. The molecule has 0 atom stereocenters. The Morgan fingerprint density at radius 1 is 1.06 bits per heavy atom. The molecule has 0 radical (unpaired) electrons. The van der Waals surface area contributed by atoms with E-state index in [1.54, 1.807) is 37.3 Å². The van der Waals surface area contributed by atoms with Gasteiger partial charge in [0, 0.05) is 16.1 Å². The molecule has 0 heterocycles. The fourth-order valence-electron chi connectivity index (χ4n) is 1.55. The van der Waals surface area contributed by atoms with Crippen molar-refractivity contribution in [3.63, 3.8) is 0 Å². The van der Waals surface area contributed by atoms with Crippen molar-refractivity contribution in [3.8, 4) is 0 Å². The fraction of sp³-hybridized carbons (Fsp3) is 0.0714. The zero-order valence-electron chi connectivity index (χ0n) is 9.21. The van der Waals surface area contributed by atoms with Crippen molar-refractivity contribution in [2.24, 2.45) is 0 Å². The van der Waals surface area contributed by atoms with Gasteiger partial charge in [0.2, 0.25) is 0 Å². The van der Waals surface area contributed by atoms with Gasteiger partial charge in [-0.05, 0) is 55.0 Å². The Bertz CT molecular complexity index is 561. The summed E-state index contributed by atoms with van der Waals surface area (Å²) in [4.78, 5) is 12.1. The molecule has 17 heavy (non-hydrogen) atoms. The maximum Gasteiger partial charge on any atom is 0.193 e. The Labute approximate surface area is 104 Å². The van der Waals surface area contributed by atoms with Crippen LogP contribution in [0, 0.1) is 12.7 Å². The van der Waals surface area contributed by atoms with Crippen LogP contribution in [0.15, 0.2) is 42.5 Å². The lowest BCUT2D eigenvalue weighted by Crippen LogP contribution is -2.01. The summed E-state index contributed by atoms with van der Waals surface area (Å²) in [5.41, 5.74) is 1.48. The molecule has 0 bridgehead atoms. The Kier molecular flexibility index (Phi) is 3.25. The topological polar surface area (TPSA) is 17.1 Å². The van der Waals surface area contributed by atoms with E-state index in [1.165, 1.54) is 12.1 Å². The Morgan fingerprint density at radius 3 is 2.24 bits per heavy atom. The minimum absolute atomic E-state index is 0.134. The van der Waals surface area contributed by atoms with Crippen molar-refractivity contribution in [1.29, 1.82) is 0 Å². The second kappa shape index (κ2) is 4.68. The third-order valence-electron chi connectivity index (χ3n) is 2.53. The Hall–Kier alpha value is -1.67. The maximum absolute atomic E-state index is 13.1. The Morgan fingerprint density at radius 2 is 1.65 bits per heavy atom. The first kappa shape index (κ1) is 11.8. The molecule has 86 valence electrons. The normalized spacial score (nSPS) is 10.3. The molecule has 2 aromatic carbocycles. The lowest BCUT2D eigenvalue weighted by atomic mass is 10.0. The summed E-state index contributed by atoms with van der Waals surface area (Å²) in [7, 11) is 0. The zero-order chi connectivity index (χ0) is 12.4. The van der Waals surface area contributed by atoms with Crippen LogP contribution in [0.3, 0.4) is 0 Å². The third kappa shape index (κ3) is 2.53. The standard InChI is InChI=1S/C14H10ClFO/c1-9-8-11(4-7-13(9)16)14(17)10-2-5-12(15)6-3-10/h2-8H,1H3. The van der Waals surface area contributed by atoms with E-state index in [-0.39, 0.29) is 11.6 Å². The van der Waals surface area contributed by atoms with E-state index in [4.69, 9.17) is 11.6 Å². The second-order valence-electron chi connectivity index (χ2n) is 3.80. The van der Waals surface area contributed by atoms with Gasteiger partial charge in [-0.2, -0.15) is 0 Å². The van der Waals surface area contributed by atoms with Crippen molar-refractivity contribution < 1.29 is 9.18 Å². The van der Waals surface area contributed by atoms with Crippen LogP contribution in [0.1, 0.15) is 21.5 Å². The van der Waals surface area contributed by atoms with Crippen LogP contribution < -0.4 is 0 Å². The molecule has 0 aliphatic heterocycles. The van der Waals surface area contributed by atoms with Crippen LogP contribution in [0.25, 0.3) is 0 Å². The summed E-state index contributed by atoms with van der Waals surface area (Å²) >= 11 is 5.75. The fourth-order valence-corrected chi connectivity index (χ4v) is 1.68. The minimum atomic E-state index is -0.308. The highest BCUT2D eigenvalue weighted by atomic mass is 35.5. The quantitative estimate of drug-likeness (QED) is 0.734. The Balaban J connectivity index is 2.37. The highest BCUT2D eigenvalue weighted by molar-refractivity contribution is 6.30. The summed E-state index contributed by atoms with van der Waals surface area (Å²) in [6.45, 7) is 1.63. The van der Waals surface area contributed by atoms with Gasteiger partial charge in [-0.1, -0.05) is 11.6 Å². The molecule has 0 amide bonds. The maximum atomic E-state index is 13.1. The van der Waals surface area contributed by atoms with Crippen molar-refractivity contribution in [2.45, 2.75) is 6.92 Å². The molecule has 0 spiro atoms. The largest absolute Gasteiger partial charge is 0.289 e. The van der Waals surface area contributed by atoms with Gasteiger partial charge in [0.05, 0.1) is 0 Å². The zero-order valence-corrected chi connectivity index (χ0v) is 9.96.